The molecule has 22 heavy (non-hydrogen) atoms. The molecule has 2 N–H and O–H groups in total. The number of carbonyl (C=O) groups excluding carboxylic acids is 3. The maximum absolute atomic E-state index is 12.2. The molecule has 0 radical (unpaired) electrons. The topological polar surface area (TPSA) is 99.1 Å². The van der Waals surface area contributed by atoms with Gasteiger partial charge < -0.3 is 5.32 Å². The molecular formula is C16H9N3O3. The molecule has 0 aromatic heterocycles. The van der Waals surface area contributed by atoms with Crippen molar-refractivity contribution >= 4 is 23.4 Å². The number of fused-ring (bicyclic) bond motifs is 1. The Bertz CT molecular complexity index is 848. The molecule has 2 aromatic carbocycles. The number of nitrogens with one attached hydrogen (secondary N) is 2. The van der Waals surface area contributed by atoms with Crippen LogP contribution in [0.3, 0.4) is 0 Å². The molecule has 3 rings (SSSR count). The maximum atomic E-state index is 12.2. The van der Waals surface area contributed by atoms with Crippen molar-refractivity contribution in [2.75, 3.05) is 5.32 Å². The Hall–Kier alpha value is -3.46. The van der Waals surface area contributed by atoms with Crippen LogP contribution < -0.4 is 10.6 Å². The molecule has 0 spiro atoms. The van der Waals surface area contributed by atoms with Gasteiger partial charge in [0.15, 0.2) is 0 Å². The van der Waals surface area contributed by atoms with Crippen molar-refractivity contribution in [3.8, 4) is 6.07 Å². The second kappa shape index (κ2) is 5.14. The lowest BCUT2D eigenvalue weighted by Crippen LogP contribution is -2.20. The largest absolute Gasteiger partial charge is 0.321 e. The minimum atomic E-state index is -0.532. The summed E-state index contributed by atoms with van der Waals surface area (Å²) in [5.41, 5.74) is 1.47. The van der Waals surface area contributed by atoms with E-state index in [0.717, 1.165) is 0 Å². The Kier molecular flexibility index (Phi) is 3.16. The Labute approximate surface area is 125 Å². The molecule has 106 valence electrons. The van der Waals surface area contributed by atoms with Crippen LogP contribution in [0.15, 0.2) is 42.5 Å². The van der Waals surface area contributed by atoms with Crippen LogP contribution in [0, 0.1) is 11.3 Å². The summed E-state index contributed by atoms with van der Waals surface area (Å²) < 4.78 is 0. The number of imide groups is 1. The third kappa shape index (κ3) is 2.21. The van der Waals surface area contributed by atoms with Crippen LogP contribution in [0.4, 0.5) is 5.69 Å². The number of nitriles is 1. The molecule has 0 aliphatic carbocycles. The van der Waals surface area contributed by atoms with Gasteiger partial charge in [-0.25, -0.2) is 0 Å². The van der Waals surface area contributed by atoms with Crippen LogP contribution >= 0.6 is 0 Å². The highest BCUT2D eigenvalue weighted by Crippen LogP contribution is 2.24. The van der Waals surface area contributed by atoms with E-state index in [2.05, 4.69) is 10.6 Å². The molecule has 0 atom stereocenters. The molecule has 0 saturated carbocycles. The van der Waals surface area contributed by atoms with E-state index in [1.54, 1.807) is 12.1 Å². The van der Waals surface area contributed by atoms with Crippen LogP contribution in [0.2, 0.25) is 0 Å². The lowest BCUT2D eigenvalue weighted by molar-refractivity contribution is 0.0879. The van der Waals surface area contributed by atoms with Gasteiger partial charge in [0.05, 0.1) is 28.4 Å². The zero-order chi connectivity index (χ0) is 15.7. The average Bonchev–Trinajstić information content (AvgIpc) is 2.83. The Morgan fingerprint density at radius 3 is 2.45 bits per heavy atom. The fourth-order valence-electron chi connectivity index (χ4n) is 2.21. The van der Waals surface area contributed by atoms with Crippen LogP contribution in [0.25, 0.3) is 0 Å². The standard InChI is InChI=1S/C16H9N3O3/c17-8-9-4-6-10(7-5-9)14(20)18-12-3-1-2-11-13(12)16(22)19-15(11)21/h1-7H,(H,18,20)(H,19,21,22). The third-order valence-electron chi connectivity index (χ3n) is 3.29. The first kappa shape index (κ1) is 13.5. The fraction of sp³-hybridized carbons (Fsp3) is 0. The first-order valence-corrected chi connectivity index (χ1v) is 6.40. The van der Waals surface area contributed by atoms with Crippen molar-refractivity contribution in [1.82, 2.24) is 5.32 Å². The van der Waals surface area contributed by atoms with Gasteiger partial charge in [-0.15, -0.1) is 0 Å². The van der Waals surface area contributed by atoms with Crippen LogP contribution in [0.5, 0.6) is 0 Å². The smallest absolute Gasteiger partial charge is 0.261 e. The molecule has 0 fully saturated rings. The summed E-state index contributed by atoms with van der Waals surface area (Å²) in [6, 6.07) is 12.7. The molecule has 2 aromatic rings. The van der Waals surface area contributed by atoms with Gasteiger partial charge in [-0.3, -0.25) is 19.7 Å². The van der Waals surface area contributed by atoms with E-state index in [1.165, 1.54) is 30.3 Å². The van der Waals surface area contributed by atoms with Gasteiger partial charge in [-0.2, -0.15) is 5.26 Å². The predicted molar refractivity (Wildman–Crippen MR) is 77.3 cm³/mol. The number of nitrogens with zero attached hydrogens (tertiary/aromatic N) is 1. The molecule has 1 heterocycles. The normalized spacial score (nSPS) is 12.3. The van der Waals surface area contributed by atoms with E-state index in [-0.39, 0.29) is 16.8 Å². The zero-order valence-corrected chi connectivity index (χ0v) is 11.2. The monoisotopic (exact) mass is 291 g/mol. The van der Waals surface area contributed by atoms with Gasteiger partial charge in [0.25, 0.3) is 17.7 Å². The van der Waals surface area contributed by atoms with Crippen molar-refractivity contribution in [2.45, 2.75) is 0 Å². The van der Waals surface area contributed by atoms with Gasteiger partial charge in [0.2, 0.25) is 0 Å². The number of anilines is 1. The highest BCUT2D eigenvalue weighted by molar-refractivity contribution is 6.25. The van der Waals surface area contributed by atoms with Crippen molar-refractivity contribution < 1.29 is 14.4 Å². The molecule has 3 amide bonds. The van der Waals surface area contributed by atoms with Crippen LogP contribution in [-0.4, -0.2) is 17.7 Å². The van der Waals surface area contributed by atoms with Crippen molar-refractivity contribution in [3.63, 3.8) is 0 Å². The number of carbonyl (C=O) groups is 3. The summed E-state index contributed by atoms with van der Waals surface area (Å²) in [5.74, 6) is -1.43. The second-order valence-electron chi connectivity index (χ2n) is 4.65. The number of amides is 3. The molecule has 0 bridgehead atoms. The van der Waals surface area contributed by atoms with Gasteiger partial charge in [-0.05, 0) is 36.4 Å². The molecule has 1 aliphatic rings. The summed E-state index contributed by atoms with van der Waals surface area (Å²) in [5, 5.41) is 13.5. The number of hydrogen-bond acceptors (Lipinski definition) is 4. The van der Waals surface area contributed by atoms with Gasteiger partial charge >= 0.3 is 0 Å². The highest BCUT2D eigenvalue weighted by atomic mass is 16.2. The van der Waals surface area contributed by atoms with E-state index in [1.807, 2.05) is 6.07 Å². The summed E-state index contributed by atoms with van der Waals surface area (Å²) in [4.78, 5) is 35.5. The number of benzene rings is 2. The summed E-state index contributed by atoms with van der Waals surface area (Å²) in [6.45, 7) is 0. The van der Waals surface area contributed by atoms with E-state index in [0.29, 0.717) is 11.1 Å². The quantitative estimate of drug-likeness (QED) is 0.822. The predicted octanol–water partition coefficient (Wildman–Crippen LogP) is 1.69. The van der Waals surface area contributed by atoms with E-state index < -0.39 is 17.7 Å². The highest BCUT2D eigenvalue weighted by Gasteiger charge is 2.29. The lowest BCUT2D eigenvalue weighted by atomic mass is 10.1. The zero-order valence-electron chi connectivity index (χ0n) is 11.2. The minimum absolute atomic E-state index is 0.162. The first-order chi connectivity index (χ1) is 10.6. The Morgan fingerprint density at radius 1 is 1.05 bits per heavy atom. The molecule has 0 unspecified atom stereocenters. The van der Waals surface area contributed by atoms with Crippen molar-refractivity contribution in [2.24, 2.45) is 0 Å². The lowest BCUT2D eigenvalue weighted by Gasteiger charge is -2.08. The summed E-state index contributed by atoms with van der Waals surface area (Å²) in [6.07, 6.45) is 0. The fourth-order valence-corrected chi connectivity index (χ4v) is 2.21. The molecular weight excluding hydrogens is 282 g/mol. The first-order valence-electron chi connectivity index (χ1n) is 6.40. The van der Waals surface area contributed by atoms with Gasteiger partial charge in [0.1, 0.15) is 0 Å². The third-order valence-corrected chi connectivity index (χ3v) is 3.29. The van der Waals surface area contributed by atoms with Gasteiger partial charge in [0, 0.05) is 5.56 Å². The van der Waals surface area contributed by atoms with Gasteiger partial charge in [-0.1, -0.05) is 6.07 Å². The maximum Gasteiger partial charge on any atom is 0.261 e. The Balaban J connectivity index is 1.91. The molecule has 6 heteroatoms. The molecule has 6 nitrogen and oxygen atoms in total. The van der Waals surface area contributed by atoms with E-state index in [4.69, 9.17) is 5.26 Å². The second-order valence-corrected chi connectivity index (χ2v) is 4.65. The SMILES string of the molecule is N#Cc1ccc(C(=O)Nc2cccc3c2C(=O)NC3=O)cc1. The summed E-state index contributed by atoms with van der Waals surface area (Å²) in [7, 11) is 0. The Morgan fingerprint density at radius 2 is 1.77 bits per heavy atom. The number of hydrogen-bond donors (Lipinski definition) is 2. The minimum Gasteiger partial charge on any atom is -0.321 e. The van der Waals surface area contributed by atoms with Crippen LogP contribution in [0.1, 0.15) is 36.6 Å². The molecule has 0 saturated heterocycles. The van der Waals surface area contributed by atoms with E-state index in [9.17, 15) is 14.4 Å². The summed E-state index contributed by atoms with van der Waals surface area (Å²) >= 11 is 0. The van der Waals surface area contributed by atoms with Crippen molar-refractivity contribution in [3.05, 3.63) is 64.7 Å². The average molecular weight is 291 g/mol. The molecule has 1 aliphatic heterocycles. The van der Waals surface area contributed by atoms with Crippen molar-refractivity contribution in [1.29, 1.82) is 5.26 Å². The number of rotatable bonds is 2. The van der Waals surface area contributed by atoms with E-state index >= 15 is 0 Å². The van der Waals surface area contributed by atoms with Crippen LogP contribution in [-0.2, 0) is 0 Å².